The standard InChI is InChI=1S/C14H20BrN3O/c1-10-3-4-12(9-13(10)15)18-8-7-17(6-5-16)11(2)14(18)19/h3-4,9,11H,5-8,16H2,1-2H3. The van der Waals surface area contributed by atoms with Crippen LogP contribution in [0.2, 0.25) is 0 Å². The highest BCUT2D eigenvalue weighted by molar-refractivity contribution is 9.10. The fraction of sp³-hybridized carbons (Fsp3) is 0.500. The Balaban J connectivity index is 2.18. The first-order valence-corrected chi connectivity index (χ1v) is 7.35. The van der Waals surface area contributed by atoms with Gasteiger partial charge < -0.3 is 10.6 Å². The Bertz CT molecular complexity index is 478. The third kappa shape index (κ3) is 2.99. The zero-order chi connectivity index (χ0) is 14.0. The second-order valence-electron chi connectivity index (χ2n) is 4.92. The molecule has 4 nitrogen and oxygen atoms in total. The molecule has 0 aliphatic carbocycles. The molecule has 0 saturated carbocycles. The number of aryl methyl sites for hydroxylation is 1. The molecule has 0 aromatic heterocycles. The molecule has 5 heteroatoms. The van der Waals surface area contributed by atoms with Crippen LogP contribution >= 0.6 is 15.9 Å². The molecule has 1 aliphatic rings. The van der Waals surface area contributed by atoms with E-state index >= 15 is 0 Å². The average Bonchev–Trinajstić information content (AvgIpc) is 2.39. The summed E-state index contributed by atoms with van der Waals surface area (Å²) in [4.78, 5) is 16.4. The van der Waals surface area contributed by atoms with Gasteiger partial charge in [0.15, 0.2) is 0 Å². The second kappa shape index (κ2) is 6.03. The first-order chi connectivity index (χ1) is 9.04. The van der Waals surface area contributed by atoms with Gasteiger partial charge >= 0.3 is 0 Å². The molecule has 2 rings (SSSR count). The van der Waals surface area contributed by atoms with Crippen molar-refractivity contribution < 1.29 is 4.79 Å². The largest absolute Gasteiger partial charge is 0.329 e. The van der Waals surface area contributed by atoms with E-state index in [1.807, 2.05) is 36.9 Å². The molecule has 2 N–H and O–H groups in total. The van der Waals surface area contributed by atoms with Gasteiger partial charge in [0.05, 0.1) is 6.04 Å². The van der Waals surface area contributed by atoms with Crippen molar-refractivity contribution in [2.45, 2.75) is 19.9 Å². The normalized spacial score (nSPS) is 20.9. The number of nitrogens with two attached hydrogens (primary N) is 1. The Morgan fingerprint density at radius 2 is 2.16 bits per heavy atom. The highest BCUT2D eigenvalue weighted by Crippen LogP contribution is 2.26. The molecule has 1 amide bonds. The molecule has 1 fully saturated rings. The van der Waals surface area contributed by atoms with E-state index in [2.05, 4.69) is 20.8 Å². The van der Waals surface area contributed by atoms with Gasteiger partial charge in [-0.05, 0) is 31.5 Å². The van der Waals surface area contributed by atoms with E-state index in [1.165, 1.54) is 5.56 Å². The number of hydrogen-bond donors (Lipinski definition) is 1. The molecule has 104 valence electrons. The predicted molar refractivity (Wildman–Crippen MR) is 81.3 cm³/mol. The van der Waals surface area contributed by atoms with Crippen LogP contribution in [0.5, 0.6) is 0 Å². The number of carbonyl (C=O) groups excluding carboxylic acids is 1. The fourth-order valence-corrected chi connectivity index (χ4v) is 2.76. The summed E-state index contributed by atoms with van der Waals surface area (Å²) in [7, 11) is 0. The monoisotopic (exact) mass is 325 g/mol. The Kier molecular flexibility index (Phi) is 4.60. The fourth-order valence-electron chi connectivity index (χ4n) is 2.39. The molecule has 1 saturated heterocycles. The molecule has 0 radical (unpaired) electrons. The van der Waals surface area contributed by atoms with Crippen molar-refractivity contribution in [3.8, 4) is 0 Å². The molecule has 1 aliphatic heterocycles. The van der Waals surface area contributed by atoms with Crippen molar-refractivity contribution in [3.05, 3.63) is 28.2 Å². The predicted octanol–water partition coefficient (Wildman–Crippen LogP) is 1.75. The maximum atomic E-state index is 12.4. The van der Waals surface area contributed by atoms with Crippen LogP contribution in [0.1, 0.15) is 12.5 Å². The molecular formula is C14H20BrN3O. The van der Waals surface area contributed by atoms with Crippen LogP contribution < -0.4 is 10.6 Å². The first-order valence-electron chi connectivity index (χ1n) is 6.56. The van der Waals surface area contributed by atoms with Gasteiger partial charge in [-0.15, -0.1) is 0 Å². The van der Waals surface area contributed by atoms with Crippen LogP contribution in [0.15, 0.2) is 22.7 Å². The van der Waals surface area contributed by atoms with Crippen molar-refractivity contribution in [3.63, 3.8) is 0 Å². The van der Waals surface area contributed by atoms with E-state index in [9.17, 15) is 4.79 Å². The third-order valence-corrected chi connectivity index (χ3v) is 4.52. The summed E-state index contributed by atoms with van der Waals surface area (Å²) in [5, 5.41) is 0. The molecule has 1 unspecified atom stereocenters. The Morgan fingerprint density at radius 3 is 2.79 bits per heavy atom. The molecule has 0 bridgehead atoms. The van der Waals surface area contributed by atoms with E-state index in [0.29, 0.717) is 6.54 Å². The highest BCUT2D eigenvalue weighted by Gasteiger charge is 2.31. The lowest BCUT2D eigenvalue weighted by molar-refractivity contribution is -0.125. The van der Waals surface area contributed by atoms with E-state index in [1.54, 1.807) is 0 Å². The highest BCUT2D eigenvalue weighted by atomic mass is 79.9. The maximum Gasteiger partial charge on any atom is 0.244 e. The van der Waals surface area contributed by atoms with Crippen molar-refractivity contribution in [2.75, 3.05) is 31.1 Å². The van der Waals surface area contributed by atoms with E-state index < -0.39 is 0 Å². The molecule has 1 heterocycles. The second-order valence-corrected chi connectivity index (χ2v) is 5.78. The summed E-state index contributed by atoms with van der Waals surface area (Å²) in [6.45, 7) is 6.95. The van der Waals surface area contributed by atoms with Crippen molar-refractivity contribution in [1.82, 2.24) is 4.90 Å². The zero-order valence-corrected chi connectivity index (χ0v) is 13.0. The van der Waals surface area contributed by atoms with Crippen LogP contribution in [0.4, 0.5) is 5.69 Å². The number of nitrogens with zero attached hydrogens (tertiary/aromatic N) is 2. The molecule has 1 aromatic carbocycles. The lowest BCUT2D eigenvalue weighted by atomic mass is 10.1. The summed E-state index contributed by atoms with van der Waals surface area (Å²) < 4.78 is 1.04. The van der Waals surface area contributed by atoms with Gasteiger partial charge in [-0.2, -0.15) is 0 Å². The Morgan fingerprint density at radius 1 is 1.42 bits per heavy atom. The first kappa shape index (κ1) is 14.5. The van der Waals surface area contributed by atoms with Gasteiger partial charge in [-0.1, -0.05) is 22.0 Å². The number of carbonyl (C=O) groups is 1. The minimum absolute atomic E-state index is 0.0996. The van der Waals surface area contributed by atoms with E-state index in [-0.39, 0.29) is 11.9 Å². The topological polar surface area (TPSA) is 49.6 Å². The van der Waals surface area contributed by atoms with Crippen LogP contribution in [0, 0.1) is 6.92 Å². The molecule has 19 heavy (non-hydrogen) atoms. The zero-order valence-electron chi connectivity index (χ0n) is 11.4. The third-order valence-electron chi connectivity index (χ3n) is 3.67. The molecule has 1 aromatic rings. The molecular weight excluding hydrogens is 306 g/mol. The van der Waals surface area contributed by atoms with Gasteiger partial charge in [-0.25, -0.2) is 0 Å². The summed E-state index contributed by atoms with van der Waals surface area (Å²) in [5.74, 6) is 0.149. The number of piperazine rings is 1. The lowest BCUT2D eigenvalue weighted by Gasteiger charge is -2.39. The average molecular weight is 326 g/mol. The smallest absolute Gasteiger partial charge is 0.244 e. The van der Waals surface area contributed by atoms with Crippen molar-refractivity contribution >= 4 is 27.5 Å². The molecule has 0 spiro atoms. The van der Waals surface area contributed by atoms with Gasteiger partial charge in [0, 0.05) is 36.3 Å². The van der Waals surface area contributed by atoms with Crippen LogP contribution in [0.25, 0.3) is 0 Å². The van der Waals surface area contributed by atoms with Crippen LogP contribution in [0.3, 0.4) is 0 Å². The number of halogens is 1. The van der Waals surface area contributed by atoms with Crippen LogP contribution in [-0.4, -0.2) is 43.0 Å². The number of rotatable bonds is 3. The Labute approximate surface area is 122 Å². The Hall–Kier alpha value is -0.910. The van der Waals surface area contributed by atoms with Gasteiger partial charge in [0.1, 0.15) is 0 Å². The van der Waals surface area contributed by atoms with Gasteiger partial charge in [-0.3, -0.25) is 9.69 Å². The lowest BCUT2D eigenvalue weighted by Crippen LogP contribution is -2.56. The number of amides is 1. The minimum atomic E-state index is -0.0996. The van der Waals surface area contributed by atoms with E-state index in [4.69, 9.17) is 5.73 Å². The number of hydrogen-bond acceptors (Lipinski definition) is 3. The molecule has 1 atom stereocenters. The minimum Gasteiger partial charge on any atom is -0.329 e. The summed E-state index contributed by atoms with van der Waals surface area (Å²) in [5.41, 5.74) is 7.71. The van der Waals surface area contributed by atoms with Crippen LogP contribution in [-0.2, 0) is 4.79 Å². The SMILES string of the molecule is Cc1ccc(N2CCN(CCN)C(C)C2=O)cc1Br. The van der Waals surface area contributed by atoms with Gasteiger partial charge in [0.2, 0.25) is 5.91 Å². The summed E-state index contributed by atoms with van der Waals surface area (Å²) in [6.07, 6.45) is 0. The maximum absolute atomic E-state index is 12.4. The number of benzene rings is 1. The quantitative estimate of drug-likeness (QED) is 0.921. The van der Waals surface area contributed by atoms with Crippen molar-refractivity contribution in [1.29, 1.82) is 0 Å². The van der Waals surface area contributed by atoms with Gasteiger partial charge in [0.25, 0.3) is 0 Å². The van der Waals surface area contributed by atoms with Crippen molar-refractivity contribution in [2.24, 2.45) is 5.73 Å². The summed E-state index contributed by atoms with van der Waals surface area (Å²) in [6, 6.07) is 5.95. The van der Waals surface area contributed by atoms with E-state index in [0.717, 1.165) is 29.8 Å². The summed E-state index contributed by atoms with van der Waals surface area (Å²) >= 11 is 3.52. The number of anilines is 1.